The maximum absolute atomic E-state index is 12.3. The maximum atomic E-state index is 12.3. The first kappa shape index (κ1) is 121. The summed E-state index contributed by atoms with van der Waals surface area (Å²) >= 11 is 11.5. The summed E-state index contributed by atoms with van der Waals surface area (Å²) in [5, 5.41) is 125. The molecule has 4 aromatic carbocycles. The summed E-state index contributed by atoms with van der Waals surface area (Å²) in [4.78, 5) is 90.2. The first-order chi connectivity index (χ1) is 67.5. The van der Waals surface area contributed by atoms with Crippen LogP contribution in [0, 0.1) is 0 Å². The molecule has 0 radical (unpaired) electrons. The van der Waals surface area contributed by atoms with Crippen molar-refractivity contribution < 1.29 is 118 Å². The topological polar surface area (TPSA) is 591 Å². The third-order valence-electron chi connectivity index (χ3n) is 22.1. The number of nitrogens with zero attached hydrogens (tertiary/aromatic N) is 12. The van der Waals surface area contributed by atoms with E-state index in [-0.39, 0.29) is 142 Å². The number of ether oxygens (including phenoxy) is 6. The van der Waals surface area contributed by atoms with Gasteiger partial charge in [-0.2, -0.15) is 40.7 Å². The standard InChI is InChI=1S/C15H17N3O3.C14H15ClN4O2.C14H21N3O4.C12H19N3O3.C8H8O3.C7H4ClNO.3C7H11N3O.C4H8O.2CH4.Al.Li.4H/c19-9-14-12-8-18(7-6-13(12)16-17-14)15(20)10-21-11-4-2-1-3-5-11;15-9-2-1-3-10(6-9)16-14(21)19-5-4-12-11(7-19)13(8-20)18-17-12;1-5-20-12(18)11-9-8-17(7-6-10(9)15-16-11)13(19)21-14(2,3)4;1-12(2,3)18-11(17)15-5-4-9-8(6-15)10(7-16)14-13-9;9-8(10)6-11-7-4-2-1-3-5-7;8-6-2-1-3-7(4-6)9-5-10;3*11-4-7-5-3-8-2-1-6(5)9-10-7;1-2-4-5-3-1;;;;;;;;/h1-5,19H,6-10H2,(H,16,17);1-3,6,20H,4-5,7-8H2,(H,16,21)(H,17,18);5-8H2,1-4H3,(H,15,16);16H,4-7H2,1-3H3,(H,13,14);1-5H,6H2,(H,9,10);1-4H;3*8,11H,1-4H2,(H,9,10);1-4H2;2*1H4;;;;;;/q;;;;;;;;;;;;;+1;;;;-1. The molecule has 0 bridgehead atoms. The summed E-state index contributed by atoms with van der Waals surface area (Å²) in [6, 6.07) is 31.7. The van der Waals surface area contributed by atoms with Gasteiger partial charge in [0, 0.05) is 225 Å². The number of aliphatic carboxylic acids is 1. The number of aromatic nitrogens is 14. The number of aliphatic imine (C=N–C) groups is 1. The van der Waals surface area contributed by atoms with Gasteiger partial charge in [-0.25, -0.2) is 28.8 Å². The number of aliphatic hydroxyl groups excluding tert-OH is 6. The van der Waals surface area contributed by atoms with Gasteiger partial charge in [0.25, 0.3) is 5.91 Å². The smallest absolute Gasteiger partial charge is 1.00 e. The molecule has 1 fully saturated rings. The Hall–Kier alpha value is -12.1. The predicted octanol–water partition coefficient (Wildman–Crippen LogP) is 6.19. The van der Waals surface area contributed by atoms with Crippen LogP contribution in [0.15, 0.2) is 114 Å². The number of para-hydroxylation sites is 2. The fourth-order valence-corrected chi connectivity index (χ4v) is 15.4. The van der Waals surface area contributed by atoms with Gasteiger partial charge in [0.1, 0.15) is 22.7 Å². The molecule has 47 heteroatoms. The minimum absolute atomic E-state index is 0. The largest absolute Gasteiger partial charge is 1.00 e. The zero-order valence-electron chi connectivity index (χ0n) is 81.5. The summed E-state index contributed by atoms with van der Waals surface area (Å²) in [6.07, 6.45) is 8.99. The van der Waals surface area contributed by atoms with E-state index < -0.39 is 23.1 Å². The number of carbonyl (C=O) groups is 6. The van der Waals surface area contributed by atoms with Crippen LogP contribution in [0.5, 0.6) is 11.5 Å². The number of hydrogen-bond donors (Lipinski definition) is 18. The molecule has 8 aliphatic heterocycles. The van der Waals surface area contributed by atoms with E-state index in [2.05, 4.69) is 97.6 Å². The minimum atomic E-state index is -0.964. The molecule has 5 amide bonds. The van der Waals surface area contributed by atoms with E-state index in [1.165, 1.54) is 36.0 Å². The van der Waals surface area contributed by atoms with Crippen molar-refractivity contribution in [2.24, 2.45) is 4.99 Å². The molecule has 43 nitrogen and oxygen atoms in total. The second-order valence-corrected chi connectivity index (χ2v) is 35.2. The van der Waals surface area contributed by atoms with Crippen LogP contribution < -0.4 is 49.6 Å². The first-order valence-electron chi connectivity index (χ1n) is 45.9. The summed E-state index contributed by atoms with van der Waals surface area (Å²) in [6.45, 7) is 24.0. The number of benzene rings is 4. The van der Waals surface area contributed by atoms with Gasteiger partial charge in [-0.05, 0) is 122 Å². The molecular weight excluding hydrogens is 1910 g/mol. The van der Waals surface area contributed by atoms with Crippen LogP contribution in [0.1, 0.15) is 201 Å². The maximum Gasteiger partial charge on any atom is 1.00 e. The van der Waals surface area contributed by atoms with Crippen molar-refractivity contribution in [3.05, 3.63) is 238 Å². The van der Waals surface area contributed by atoms with E-state index in [9.17, 15) is 48.9 Å². The molecule has 19 rings (SSSR count). The third-order valence-corrected chi connectivity index (χ3v) is 22.5. The van der Waals surface area contributed by atoms with Crippen molar-refractivity contribution in [1.29, 1.82) is 0 Å². The van der Waals surface area contributed by atoms with Crippen LogP contribution in [0.4, 0.5) is 25.8 Å². The van der Waals surface area contributed by atoms with Crippen LogP contribution >= 0.6 is 23.2 Å². The Balaban J connectivity index is 0.000000288. The number of carboxylic acids is 1. The van der Waals surface area contributed by atoms with Crippen LogP contribution in [0.2, 0.25) is 10.0 Å². The van der Waals surface area contributed by atoms with Gasteiger partial charge in [0.05, 0.1) is 106 Å². The zero-order valence-corrected chi connectivity index (χ0v) is 82.0. The van der Waals surface area contributed by atoms with Crippen molar-refractivity contribution in [2.45, 2.75) is 218 Å². The van der Waals surface area contributed by atoms with Crippen molar-refractivity contribution >= 4 is 94.1 Å². The fraction of sp³-hybridized carbons (Fsp3) is 0.464. The monoisotopic (exact) mass is 2050 g/mol. The van der Waals surface area contributed by atoms with E-state index in [0.717, 1.165) is 151 Å². The van der Waals surface area contributed by atoms with Crippen LogP contribution in [-0.2, 0) is 164 Å². The van der Waals surface area contributed by atoms with Crippen molar-refractivity contribution in [3.63, 3.8) is 0 Å². The molecule has 11 aromatic rings. The molecule has 0 atom stereocenters. The number of anilines is 1. The van der Waals surface area contributed by atoms with Gasteiger partial charge in [-0.15, -0.1) is 0 Å². The van der Waals surface area contributed by atoms with Crippen LogP contribution in [-0.4, -0.2) is 276 Å². The number of carbonyl (C=O) groups excluding carboxylic acids is 6. The second kappa shape index (κ2) is 61.9. The molecule has 0 aliphatic carbocycles. The van der Waals surface area contributed by atoms with Crippen molar-refractivity contribution in [1.82, 2.24) is 107 Å². The quantitative estimate of drug-likeness (QED) is 0.0168. The average molecular weight is 2050 g/mol. The van der Waals surface area contributed by atoms with E-state index in [1.54, 1.807) is 99.3 Å². The van der Waals surface area contributed by atoms with Gasteiger partial charge in [0.15, 0.2) is 36.3 Å². The van der Waals surface area contributed by atoms with E-state index in [4.69, 9.17) is 72.0 Å². The fourth-order valence-electron chi connectivity index (χ4n) is 15.0. The van der Waals surface area contributed by atoms with E-state index >= 15 is 0 Å². The number of fused-ring (bicyclic) bond motifs is 7. The molecule has 778 valence electrons. The molecule has 1 saturated heterocycles. The molecule has 144 heavy (non-hydrogen) atoms. The average Bonchev–Trinajstić information content (AvgIpc) is 1.65. The Morgan fingerprint density at radius 2 is 0.819 bits per heavy atom. The normalized spacial score (nSPS) is 14.0. The number of halogens is 2. The van der Waals surface area contributed by atoms with Gasteiger partial charge >= 0.3 is 49.0 Å². The Morgan fingerprint density at radius 3 is 1.19 bits per heavy atom. The molecule has 8 aliphatic rings. The number of esters is 1. The summed E-state index contributed by atoms with van der Waals surface area (Å²) in [5.74, 6) is -0.234. The van der Waals surface area contributed by atoms with Gasteiger partial charge in [-0.3, -0.25) is 40.5 Å². The molecule has 15 heterocycles. The van der Waals surface area contributed by atoms with Gasteiger partial charge in [-0.1, -0.05) is 86.6 Å². The SMILES string of the molecule is C.C.C1CCOC1.CC(C)(C)OC(=O)N1CCc2[nH]nc(CO)c2C1.CCOC(=O)c1n[nH]c2c1CN(C(=O)OC(C)(C)C)CC2.O=C(COc1ccccc1)N1CCc2[nH]nc(CO)c2C1.O=C(Nc1cccc(Cl)c1)N1CCc2[nH]nc(CO)c2C1.O=C(O)COc1ccccc1.O=C=Nc1cccc(Cl)c1.OCc1n[nH]c2c1CNCC2.OCc1n[nH]c2c1CNCC2.OCc1n[nH]c2c1CNCC2.[AlH3].[H-].[Li+]. The number of aliphatic hydroxyl groups is 6. The Bertz CT molecular complexity index is 5610. The summed E-state index contributed by atoms with van der Waals surface area (Å²) in [5.41, 5.74) is 18.9. The van der Waals surface area contributed by atoms with Crippen molar-refractivity contribution in [3.8, 4) is 11.5 Å². The number of H-pyrrole nitrogens is 7. The number of nitrogens with one attached hydrogen (secondary N) is 11. The molecule has 0 unspecified atom stereocenters. The number of hydrogen-bond acceptors (Lipinski definition) is 30. The summed E-state index contributed by atoms with van der Waals surface area (Å²) in [7, 11) is 0. The van der Waals surface area contributed by atoms with Crippen molar-refractivity contribution in [2.75, 3.05) is 84.2 Å². The number of amides is 5. The number of urea groups is 1. The van der Waals surface area contributed by atoms with Crippen LogP contribution in [0.3, 0.4) is 0 Å². The number of rotatable bonds is 16. The zero-order chi connectivity index (χ0) is 101. The first-order valence-corrected chi connectivity index (χ1v) is 46.6. The van der Waals surface area contributed by atoms with Gasteiger partial charge < -0.3 is 106 Å². The Labute approximate surface area is 870 Å². The van der Waals surface area contributed by atoms with E-state index in [0.29, 0.717) is 127 Å². The Kier molecular flexibility index (Phi) is 51.8. The summed E-state index contributed by atoms with van der Waals surface area (Å²) < 4.78 is 31.0. The third kappa shape index (κ3) is 37.8. The second-order valence-electron chi connectivity index (χ2n) is 34.3. The molecule has 0 saturated carbocycles. The van der Waals surface area contributed by atoms with Gasteiger partial charge in [0.2, 0.25) is 6.08 Å². The molecule has 18 N–H and O–H groups in total. The molecule has 0 spiro atoms. The van der Waals surface area contributed by atoms with E-state index in [1.807, 2.05) is 77.9 Å². The minimum Gasteiger partial charge on any atom is -1.00 e. The molecular formula is C97H137AlCl2LiN23O20. The number of aromatic amines is 7. The molecule has 7 aromatic heterocycles. The number of isocyanates is 1. The van der Waals surface area contributed by atoms with Crippen LogP contribution in [0.25, 0.3) is 0 Å². The number of carboxylic acid groups (broad SMARTS) is 1. The predicted molar refractivity (Wildman–Crippen MR) is 538 cm³/mol. The Morgan fingerprint density at radius 1 is 0.465 bits per heavy atom.